The zero-order valence-corrected chi connectivity index (χ0v) is 4.70. The monoisotopic (exact) mass is 121 g/mol. The molecular formula is C5H5N4. The summed E-state index contributed by atoms with van der Waals surface area (Å²) >= 11 is 0. The Morgan fingerprint density at radius 1 is 1.56 bits per heavy atom. The van der Waals surface area contributed by atoms with Crippen molar-refractivity contribution in [2.75, 3.05) is 0 Å². The Balaban J connectivity index is 2.54. The first-order chi connectivity index (χ1) is 4.47. The second-order valence-corrected chi connectivity index (χ2v) is 1.82. The van der Waals surface area contributed by atoms with Gasteiger partial charge in [-0.2, -0.15) is 5.43 Å². The fourth-order valence-electron chi connectivity index (χ4n) is 0.777. The van der Waals surface area contributed by atoms with Gasteiger partial charge in [0.2, 0.25) is 0 Å². The van der Waals surface area contributed by atoms with E-state index in [1.807, 2.05) is 0 Å². The molecule has 0 saturated heterocycles. The first-order valence-corrected chi connectivity index (χ1v) is 2.69. The molecule has 1 N–H and O–H groups in total. The summed E-state index contributed by atoms with van der Waals surface area (Å²) < 4.78 is 0. The molecule has 0 bridgehead atoms. The molecule has 4 heteroatoms. The SMILES string of the molecule is c1ncc2c(n1)[N]NC2. The number of aromatic nitrogens is 2. The molecule has 2 rings (SSSR count). The lowest BCUT2D eigenvalue weighted by molar-refractivity contribution is 0.674. The molecule has 0 saturated carbocycles. The van der Waals surface area contributed by atoms with Gasteiger partial charge in [0.25, 0.3) is 0 Å². The maximum atomic E-state index is 3.92. The molecule has 0 amide bonds. The van der Waals surface area contributed by atoms with Crippen molar-refractivity contribution >= 4 is 5.82 Å². The third kappa shape index (κ3) is 0.639. The van der Waals surface area contributed by atoms with Crippen molar-refractivity contribution in [2.45, 2.75) is 6.54 Å². The Labute approximate surface area is 52.3 Å². The minimum Gasteiger partial charge on any atom is -0.244 e. The molecule has 1 aromatic rings. The highest BCUT2D eigenvalue weighted by atomic mass is 15.4. The third-order valence-electron chi connectivity index (χ3n) is 1.22. The van der Waals surface area contributed by atoms with Gasteiger partial charge >= 0.3 is 0 Å². The molecule has 1 aliphatic heterocycles. The first kappa shape index (κ1) is 4.69. The molecule has 1 radical (unpaired) electrons. The quantitative estimate of drug-likeness (QED) is 0.514. The van der Waals surface area contributed by atoms with Crippen molar-refractivity contribution in [1.29, 1.82) is 0 Å². The number of rotatable bonds is 0. The largest absolute Gasteiger partial charge is 0.244 e. The number of nitrogens with zero attached hydrogens (tertiary/aromatic N) is 3. The van der Waals surface area contributed by atoms with Gasteiger partial charge in [0.1, 0.15) is 6.33 Å². The molecule has 0 aromatic carbocycles. The molecular weight excluding hydrogens is 116 g/mol. The minimum absolute atomic E-state index is 0.760. The van der Waals surface area contributed by atoms with E-state index < -0.39 is 0 Å². The Kier molecular flexibility index (Phi) is 0.868. The molecule has 0 aliphatic carbocycles. The van der Waals surface area contributed by atoms with E-state index in [0.29, 0.717) is 0 Å². The van der Waals surface area contributed by atoms with Crippen LogP contribution < -0.4 is 10.9 Å². The Morgan fingerprint density at radius 3 is 3.44 bits per heavy atom. The van der Waals surface area contributed by atoms with E-state index >= 15 is 0 Å². The molecule has 4 nitrogen and oxygen atoms in total. The summed E-state index contributed by atoms with van der Waals surface area (Å²) in [5, 5.41) is 0. The normalized spacial score (nSPS) is 14.7. The second-order valence-electron chi connectivity index (χ2n) is 1.82. The van der Waals surface area contributed by atoms with Crippen molar-refractivity contribution in [3.8, 4) is 0 Å². The van der Waals surface area contributed by atoms with Gasteiger partial charge in [0.05, 0.1) is 0 Å². The molecule has 1 aromatic heterocycles. The maximum absolute atomic E-state index is 3.92. The fraction of sp³-hybridized carbons (Fsp3) is 0.200. The topological polar surface area (TPSA) is 51.9 Å². The van der Waals surface area contributed by atoms with E-state index in [2.05, 4.69) is 20.8 Å². The highest BCUT2D eigenvalue weighted by Crippen LogP contribution is 2.12. The minimum atomic E-state index is 0.760. The van der Waals surface area contributed by atoms with Crippen molar-refractivity contribution in [3.05, 3.63) is 18.1 Å². The molecule has 9 heavy (non-hydrogen) atoms. The predicted octanol–water partition coefficient (Wildman–Crippen LogP) is -0.269. The van der Waals surface area contributed by atoms with Crippen molar-refractivity contribution in [2.24, 2.45) is 0 Å². The van der Waals surface area contributed by atoms with Gasteiger partial charge in [-0.15, -0.1) is 0 Å². The zero-order chi connectivity index (χ0) is 6.10. The van der Waals surface area contributed by atoms with Crippen molar-refractivity contribution in [3.63, 3.8) is 0 Å². The lowest BCUT2D eigenvalue weighted by Crippen LogP contribution is -2.10. The number of fused-ring (bicyclic) bond motifs is 1. The van der Waals surface area contributed by atoms with Gasteiger partial charge in [-0.05, 0) is 0 Å². The summed E-state index contributed by atoms with van der Waals surface area (Å²) in [4.78, 5) is 7.76. The van der Waals surface area contributed by atoms with Gasteiger partial charge in [-0.3, -0.25) is 0 Å². The molecule has 2 heterocycles. The van der Waals surface area contributed by atoms with Crippen LogP contribution in [0.3, 0.4) is 0 Å². The average molecular weight is 121 g/mol. The Hall–Kier alpha value is -1.16. The molecule has 45 valence electrons. The standard InChI is InChI=1S/C5H5N4/c1-4-2-8-9-5(4)7-3-6-1/h1,3,8H,2H2. The summed E-state index contributed by atoms with van der Waals surface area (Å²) in [5.41, 5.74) is 7.78. The summed E-state index contributed by atoms with van der Waals surface area (Å²) in [6, 6.07) is 0. The lowest BCUT2D eigenvalue weighted by atomic mass is 10.3. The van der Waals surface area contributed by atoms with Crippen LogP contribution in [0.1, 0.15) is 5.56 Å². The zero-order valence-electron chi connectivity index (χ0n) is 4.70. The van der Waals surface area contributed by atoms with E-state index in [1.165, 1.54) is 6.33 Å². The van der Waals surface area contributed by atoms with Crippen LogP contribution in [-0.4, -0.2) is 9.97 Å². The summed E-state index contributed by atoms with van der Waals surface area (Å²) in [5.74, 6) is 0.769. The molecule has 0 fully saturated rings. The van der Waals surface area contributed by atoms with Crippen LogP contribution in [0.4, 0.5) is 5.82 Å². The van der Waals surface area contributed by atoms with E-state index in [1.54, 1.807) is 6.20 Å². The van der Waals surface area contributed by atoms with Gasteiger partial charge in [0.15, 0.2) is 5.82 Å². The highest BCUT2D eigenvalue weighted by Gasteiger charge is 2.10. The first-order valence-electron chi connectivity index (χ1n) is 2.69. The maximum Gasteiger partial charge on any atom is 0.173 e. The molecule has 0 spiro atoms. The number of hydrogen-bond acceptors (Lipinski definition) is 3. The molecule has 1 aliphatic rings. The van der Waals surface area contributed by atoms with Crippen LogP contribution in [0.5, 0.6) is 0 Å². The van der Waals surface area contributed by atoms with Crippen LogP contribution in [-0.2, 0) is 6.54 Å². The fourth-order valence-corrected chi connectivity index (χ4v) is 0.777. The van der Waals surface area contributed by atoms with E-state index in [9.17, 15) is 0 Å². The van der Waals surface area contributed by atoms with Gasteiger partial charge in [0, 0.05) is 18.3 Å². The van der Waals surface area contributed by atoms with Gasteiger partial charge in [-0.1, -0.05) is 0 Å². The highest BCUT2D eigenvalue weighted by molar-refractivity contribution is 5.36. The van der Waals surface area contributed by atoms with Gasteiger partial charge < -0.3 is 0 Å². The third-order valence-corrected chi connectivity index (χ3v) is 1.22. The van der Waals surface area contributed by atoms with Crippen molar-refractivity contribution in [1.82, 2.24) is 20.8 Å². The Bertz CT molecular complexity index is 199. The molecule has 0 unspecified atom stereocenters. The van der Waals surface area contributed by atoms with Crippen LogP contribution in [0.25, 0.3) is 0 Å². The predicted molar refractivity (Wildman–Crippen MR) is 30.7 cm³/mol. The summed E-state index contributed by atoms with van der Waals surface area (Å²) in [6.07, 6.45) is 3.27. The lowest BCUT2D eigenvalue weighted by Gasteiger charge is -1.88. The van der Waals surface area contributed by atoms with Crippen molar-refractivity contribution < 1.29 is 0 Å². The second kappa shape index (κ2) is 1.66. The number of hydrogen-bond donors (Lipinski definition) is 1. The summed E-state index contributed by atoms with van der Waals surface area (Å²) in [6.45, 7) is 0.760. The molecule has 0 atom stereocenters. The van der Waals surface area contributed by atoms with E-state index in [-0.39, 0.29) is 0 Å². The van der Waals surface area contributed by atoms with Gasteiger partial charge in [-0.25, -0.2) is 15.4 Å². The van der Waals surface area contributed by atoms with Crippen LogP contribution in [0, 0.1) is 0 Å². The van der Waals surface area contributed by atoms with E-state index in [4.69, 9.17) is 0 Å². The Morgan fingerprint density at radius 2 is 2.56 bits per heavy atom. The summed E-state index contributed by atoms with van der Waals surface area (Å²) in [7, 11) is 0. The van der Waals surface area contributed by atoms with Crippen LogP contribution >= 0.6 is 0 Å². The van der Waals surface area contributed by atoms with E-state index in [0.717, 1.165) is 17.9 Å². The number of nitrogens with one attached hydrogen (secondary N) is 1. The smallest absolute Gasteiger partial charge is 0.173 e. The van der Waals surface area contributed by atoms with Crippen LogP contribution in [0.2, 0.25) is 0 Å². The average Bonchev–Trinajstić information content (AvgIpc) is 2.33. The van der Waals surface area contributed by atoms with Crippen LogP contribution in [0.15, 0.2) is 12.5 Å².